The Balaban J connectivity index is 2.43. The first-order valence-electron chi connectivity index (χ1n) is 5.16. The molecule has 0 aromatic heterocycles. The van der Waals surface area contributed by atoms with Crippen molar-refractivity contribution in [2.75, 3.05) is 5.32 Å². The number of hydrogen-bond donors (Lipinski definition) is 2. The molecule has 0 aliphatic carbocycles. The van der Waals surface area contributed by atoms with E-state index in [2.05, 4.69) is 5.32 Å². The fraction of sp³-hybridized carbons (Fsp3) is 0.364. The zero-order chi connectivity index (χ0) is 13.5. The van der Waals surface area contributed by atoms with Crippen molar-refractivity contribution in [3.63, 3.8) is 0 Å². The molecule has 18 heavy (non-hydrogen) atoms. The van der Waals surface area contributed by atoms with Crippen LogP contribution in [0.1, 0.15) is 23.7 Å². The molecule has 1 aromatic carbocycles. The van der Waals surface area contributed by atoms with Gasteiger partial charge in [0, 0.05) is 17.7 Å². The predicted octanol–water partition coefficient (Wildman–Crippen LogP) is 2.31. The van der Waals surface area contributed by atoms with Crippen LogP contribution < -0.4 is 5.32 Å². The van der Waals surface area contributed by atoms with E-state index in [1.807, 2.05) is 0 Å². The van der Waals surface area contributed by atoms with E-state index in [4.69, 9.17) is 5.11 Å². The number of hydrogen-bond acceptors (Lipinski definition) is 2. The molecule has 0 saturated heterocycles. The van der Waals surface area contributed by atoms with E-state index in [0.717, 1.165) is 12.1 Å². The van der Waals surface area contributed by atoms with Gasteiger partial charge in [-0.05, 0) is 24.1 Å². The number of aliphatic hydroxyl groups is 1. The Morgan fingerprint density at radius 1 is 1.28 bits per heavy atom. The van der Waals surface area contributed by atoms with Gasteiger partial charge in [0.2, 0.25) is 5.91 Å². The second kappa shape index (κ2) is 4.24. The topological polar surface area (TPSA) is 49.3 Å². The first-order chi connectivity index (χ1) is 8.29. The smallest absolute Gasteiger partial charge is 0.379 e. The van der Waals surface area contributed by atoms with Gasteiger partial charge in [-0.3, -0.25) is 4.79 Å². The Morgan fingerprint density at radius 2 is 1.94 bits per heavy atom. The molecule has 3 nitrogen and oxygen atoms in total. The number of aryl methyl sites for hydroxylation is 1. The fourth-order valence-corrected chi connectivity index (χ4v) is 1.81. The summed E-state index contributed by atoms with van der Waals surface area (Å²) in [6.45, 7) is 0. The summed E-state index contributed by atoms with van der Waals surface area (Å²) in [6.07, 6.45) is -7.44. The molecule has 1 heterocycles. The monoisotopic (exact) mass is 263 g/mol. The number of carbonyl (C=O) groups is 1. The van der Waals surface area contributed by atoms with Crippen molar-refractivity contribution in [2.24, 2.45) is 0 Å². The number of nitrogens with one attached hydrogen (secondary N) is 1. The highest BCUT2D eigenvalue weighted by Crippen LogP contribution is 2.36. The maximum Gasteiger partial charge on any atom is 0.418 e. The van der Waals surface area contributed by atoms with Gasteiger partial charge in [-0.25, -0.2) is 4.39 Å². The third-order valence-electron chi connectivity index (χ3n) is 2.72. The lowest BCUT2D eigenvalue weighted by Gasteiger charge is -2.21. The summed E-state index contributed by atoms with van der Waals surface area (Å²) in [5.74, 6) is -1.51. The van der Waals surface area contributed by atoms with E-state index < -0.39 is 23.7 Å². The van der Waals surface area contributed by atoms with E-state index in [1.165, 1.54) is 0 Å². The molecule has 1 unspecified atom stereocenters. The normalized spacial score (nSPS) is 17.1. The number of carbonyl (C=O) groups excluding carboxylic acids is 1. The minimum absolute atomic E-state index is 0.125. The Morgan fingerprint density at radius 3 is 2.56 bits per heavy atom. The largest absolute Gasteiger partial charge is 0.418 e. The lowest BCUT2D eigenvalue weighted by atomic mass is 9.97. The Hall–Kier alpha value is -1.63. The van der Waals surface area contributed by atoms with Gasteiger partial charge in [-0.2, -0.15) is 13.2 Å². The van der Waals surface area contributed by atoms with Gasteiger partial charge < -0.3 is 10.4 Å². The molecule has 1 aromatic rings. The van der Waals surface area contributed by atoms with Crippen LogP contribution in [-0.2, 0) is 11.2 Å². The number of fused-ring (bicyclic) bond motifs is 1. The Labute approximate surface area is 99.4 Å². The molecule has 1 amide bonds. The molecule has 2 N–H and O–H groups in total. The van der Waals surface area contributed by atoms with Crippen molar-refractivity contribution in [1.29, 1.82) is 0 Å². The van der Waals surface area contributed by atoms with Crippen LogP contribution in [0.4, 0.5) is 23.2 Å². The van der Waals surface area contributed by atoms with Crippen molar-refractivity contribution >= 4 is 11.6 Å². The molecule has 0 saturated carbocycles. The van der Waals surface area contributed by atoms with E-state index in [1.54, 1.807) is 0 Å². The summed E-state index contributed by atoms with van der Waals surface area (Å²) in [7, 11) is 0. The summed E-state index contributed by atoms with van der Waals surface area (Å²) >= 11 is 0. The summed E-state index contributed by atoms with van der Waals surface area (Å²) in [6, 6.07) is 1.75. The van der Waals surface area contributed by atoms with Gasteiger partial charge in [-0.15, -0.1) is 0 Å². The Kier molecular flexibility index (Phi) is 3.02. The highest BCUT2D eigenvalue weighted by atomic mass is 19.4. The lowest BCUT2D eigenvalue weighted by molar-refractivity contribution is -0.207. The molecule has 1 aliphatic heterocycles. The summed E-state index contributed by atoms with van der Waals surface area (Å²) in [5.41, 5.74) is -0.284. The van der Waals surface area contributed by atoms with Crippen LogP contribution in [0.5, 0.6) is 0 Å². The molecule has 2 rings (SSSR count). The minimum atomic E-state index is -4.92. The fourth-order valence-electron chi connectivity index (χ4n) is 1.81. The molecule has 0 spiro atoms. The quantitative estimate of drug-likeness (QED) is 0.764. The van der Waals surface area contributed by atoms with Gasteiger partial charge in [-0.1, -0.05) is 0 Å². The van der Waals surface area contributed by atoms with Crippen LogP contribution in [0.3, 0.4) is 0 Å². The van der Waals surface area contributed by atoms with Crippen molar-refractivity contribution in [2.45, 2.75) is 25.1 Å². The van der Waals surface area contributed by atoms with Gasteiger partial charge in [0.25, 0.3) is 0 Å². The maximum atomic E-state index is 13.5. The molecule has 0 bridgehead atoms. The molecule has 7 heteroatoms. The average molecular weight is 263 g/mol. The first-order valence-corrected chi connectivity index (χ1v) is 5.16. The van der Waals surface area contributed by atoms with E-state index >= 15 is 0 Å². The van der Waals surface area contributed by atoms with Crippen LogP contribution in [0.2, 0.25) is 0 Å². The molecule has 1 atom stereocenters. The van der Waals surface area contributed by atoms with E-state index in [9.17, 15) is 22.4 Å². The maximum absolute atomic E-state index is 13.5. The summed E-state index contributed by atoms with van der Waals surface area (Å²) in [4.78, 5) is 11.1. The summed E-state index contributed by atoms with van der Waals surface area (Å²) < 4.78 is 50.4. The zero-order valence-electron chi connectivity index (χ0n) is 9.01. The van der Waals surface area contributed by atoms with Gasteiger partial charge in [0.1, 0.15) is 5.82 Å². The van der Waals surface area contributed by atoms with Crippen LogP contribution in [0.15, 0.2) is 12.1 Å². The number of halogens is 4. The van der Waals surface area contributed by atoms with Crippen molar-refractivity contribution < 1.29 is 27.5 Å². The van der Waals surface area contributed by atoms with E-state index in [0.29, 0.717) is 5.56 Å². The van der Waals surface area contributed by atoms with Crippen LogP contribution in [-0.4, -0.2) is 17.2 Å². The van der Waals surface area contributed by atoms with Gasteiger partial charge in [0.15, 0.2) is 6.10 Å². The number of amides is 1. The van der Waals surface area contributed by atoms with Gasteiger partial charge >= 0.3 is 6.18 Å². The van der Waals surface area contributed by atoms with E-state index in [-0.39, 0.29) is 24.4 Å². The van der Waals surface area contributed by atoms with Crippen molar-refractivity contribution in [1.82, 2.24) is 0 Å². The third kappa shape index (κ3) is 2.31. The molecule has 98 valence electrons. The highest BCUT2D eigenvalue weighted by molar-refractivity contribution is 5.93. The zero-order valence-corrected chi connectivity index (χ0v) is 9.01. The first kappa shape index (κ1) is 12.8. The standard InChI is InChI=1S/C11H9F4NO2/c12-7-4-8-5(1-2-9(17)16-8)3-6(7)10(18)11(13,14)15/h3-4,10,18H,1-2H2,(H,16,17). The number of alkyl halides is 3. The number of benzene rings is 1. The molecule has 0 fully saturated rings. The molecular formula is C11H9F4NO2. The highest BCUT2D eigenvalue weighted by Gasteiger charge is 2.41. The number of aliphatic hydroxyl groups excluding tert-OH is 1. The van der Waals surface area contributed by atoms with Gasteiger partial charge in [0.05, 0.1) is 0 Å². The van der Waals surface area contributed by atoms with Crippen molar-refractivity contribution in [3.8, 4) is 0 Å². The number of rotatable bonds is 1. The Bertz CT molecular complexity index is 499. The summed E-state index contributed by atoms with van der Waals surface area (Å²) in [5, 5.41) is 11.4. The predicted molar refractivity (Wildman–Crippen MR) is 54.4 cm³/mol. The lowest BCUT2D eigenvalue weighted by Crippen LogP contribution is -2.23. The molecule has 0 radical (unpaired) electrons. The SMILES string of the molecule is O=C1CCc2cc(C(O)C(F)(F)F)c(F)cc2N1. The van der Waals surface area contributed by atoms with Crippen molar-refractivity contribution in [3.05, 3.63) is 29.1 Å². The van der Waals surface area contributed by atoms with Crippen LogP contribution in [0.25, 0.3) is 0 Å². The molecule has 1 aliphatic rings. The third-order valence-corrected chi connectivity index (χ3v) is 2.72. The second-order valence-electron chi connectivity index (χ2n) is 4.02. The number of anilines is 1. The minimum Gasteiger partial charge on any atom is -0.379 e. The average Bonchev–Trinajstić information content (AvgIpc) is 2.25. The second-order valence-corrected chi connectivity index (χ2v) is 4.02. The van der Waals surface area contributed by atoms with Crippen LogP contribution in [0, 0.1) is 5.82 Å². The molecular weight excluding hydrogens is 254 g/mol. The van der Waals surface area contributed by atoms with Crippen LogP contribution >= 0.6 is 0 Å².